The molecule has 0 aliphatic heterocycles. The quantitative estimate of drug-likeness (QED) is 0.501. The fourth-order valence-electron chi connectivity index (χ4n) is 0.547. The van der Waals surface area contributed by atoms with E-state index in [0.29, 0.717) is 5.75 Å². The van der Waals surface area contributed by atoms with E-state index < -0.39 is 0 Å². The summed E-state index contributed by atoms with van der Waals surface area (Å²) >= 11 is 0. The van der Waals surface area contributed by atoms with E-state index in [9.17, 15) is 0 Å². The molecule has 0 aliphatic rings. The summed E-state index contributed by atoms with van der Waals surface area (Å²) in [6.07, 6.45) is 8.30. The number of para-hydroxylation sites is 1. The minimum Gasteiger partial charge on any atom is -0.647 e. The van der Waals surface area contributed by atoms with E-state index >= 15 is 0 Å². The van der Waals surface area contributed by atoms with Gasteiger partial charge in [-0.25, -0.2) is 0 Å². The van der Waals surface area contributed by atoms with Crippen LogP contribution in [0.15, 0.2) is 30.3 Å². The zero-order chi connectivity index (χ0) is 6.53. The van der Waals surface area contributed by atoms with Crippen molar-refractivity contribution in [2.75, 3.05) is 0 Å². The second-order valence-electron chi connectivity index (χ2n) is 1.52. The second kappa shape index (κ2) is 5.47. The van der Waals surface area contributed by atoms with Gasteiger partial charge in [-0.15, -0.1) is 6.11 Å². The SMILES string of the molecule is [C-]#COc1ccccc1.[Y]. The molecule has 0 bridgehead atoms. The Morgan fingerprint density at radius 2 is 1.80 bits per heavy atom. The number of ether oxygens (including phenoxy) is 1. The first-order valence-corrected chi connectivity index (χ1v) is 2.57. The topological polar surface area (TPSA) is 9.23 Å². The molecular formula is C8H5OY-. The molecule has 0 saturated carbocycles. The van der Waals surface area contributed by atoms with Gasteiger partial charge in [-0.2, -0.15) is 0 Å². The minimum atomic E-state index is 0. The van der Waals surface area contributed by atoms with Gasteiger partial charge < -0.3 is 11.2 Å². The van der Waals surface area contributed by atoms with Gasteiger partial charge in [0.2, 0.25) is 0 Å². The summed E-state index contributed by atoms with van der Waals surface area (Å²) in [5, 5.41) is 0. The Labute approximate surface area is 85.7 Å². The molecule has 0 spiro atoms. The molecule has 1 radical (unpaired) electrons. The predicted molar refractivity (Wildman–Crippen MR) is 34.2 cm³/mol. The van der Waals surface area contributed by atoms with Crippen LogP contribution >= 0.6 is 0 Å². The molecule has 2 heteroatoms. The largest absolute Gasteiger partial charge is 0.647 e. The van der Waals surface area contributed by atoms with Gasteiger partial charge in [0, 0.05) is 32.7 Å². The van der Waals surface area contributed by atoms with Crippen molar-refractivity contribution in [3.05, 3.63) is 36.8 Å². The summed E-state index contributed by atoms with van der Waals surface area (Å²) in [6.45, 7) is 0. The molecule has 0 aromatic heterocycles. The molecule has 1 aromatic rings. The minimum absolute atomic E-state index is 0. The van der Waals surface area contributed by atoms with E-state index in [1.54, 1.807) is 12.1 Å². The van der Waals surface area contributed by atoms with Crippen LogP contribution in [-0.4, -0.2) is 0 Å². The zero-order valence-corrected chi connectivity index (χ0v) is 8.21. The van der Waals surface area contributed by atoms with Crippen molar-refractivity contribution in [3.8, 4) is 11.9 Å². The fourth-order valence-corrected chi connectivity index (χ4v) is 0.547. The van der Waals surface area contributed by atoms with E-state index in [2.05, 4.69) is 4.74 Å². The molecule has 0 aliphatic carbocycles. The third-order valence-electron chi connectivity index (χ3n) is 0.912. The van der Waals surface area contributed by atoms with Crippen LogP contribution < -0.4 is 4.74 Å². The summed E-state index contributed by atoms with van der Waals surface area (Å²) < 4.78 is 4.62. The Kier molecular flexibility index (Phi) is 5.29. The Morgan fingerprint density at radius 1 is 1.20 bits per heavy atom. The van der Waals surface area contributed by atoms with Gasteiger partial charge in [-0.05, 0) is 12.1 Å². The van der Waals surface area contributed by atoms with Crippen molar-refractivity contribution < 1.29 is 37.4 Å². The first kappa shape index (κ1) is 9.68. The van der Waals surface area contributed by atoms with Gasteiger partial charge in [0.25, 0.3) is 0 Å². The van der Waals surface area contributed by atoms with Crippen molar-refractivity contribution in [2.45, 2.75) is 0 Å². The van der Waals surface area contributed by atoms with E-state index in [-0.39, 0.29) is 32.7 Å². The molecule has 47 valence electrons. The molecule has 1 rings (SSSR count). The van der Waals surface area contributed by atoms with E-state index in [4.69, 9.17) is 6.42 Å². The molecule has 0 atom stereocenters. The molecule has 0 heterocycles. The maximum Gasteiger partial charge on any atom is 0.135 e. The van der Waals surface area contributed by atoms with Crippen LogP contribution in [0, 0.1) is 12.5 Å². The van der Waals surface area contributed by atoms with Crippen molar-refractivity contribution >= 4 is 0 Å². The Bertz CT molecular complexity index is 212. The van der Waals surface area contributed by atoms with E-state index in [1.807, 2.05) is 24.3 Å². The number of benzene rings is 1. The smallest absolute Gasteiger partial charge is 0.135 e. The molecule has 0 fully saturated rings. The Balaban J connectivity index is 0.000000810. The van der Waals surface area contributed by atoms with Crippen LogP contribution in [0.2, 0.25) is 0 Å². The van der Waals surface area contributed by atoms with Gasteiger partial charge in [-0.1, -0.05) is 18.2 Å². The van der Waals surface area contributed by atoms with Crippen LogP contribution in [0.3, 0.4) is 0 Å². The second-order valence-corrected chi connectivity index (χ2v) is 1.52. The van der Waals surface area contributed by atoms with Crippen LogP contribution in [0.1, 0.15) is 0 Å². The van der Waals surface area contributed by atoms with Crippen LogP contribution in [0.25, 0.3) is 0 Å². The van der Waals surface area contributed by atoms with Gasteiger partial charge in [0.05, 0.1) is 0 Å². The monoisotopic (exact) mass is 206 g/mol. The standard InChI is InChI=1S/C8H5O.Y/c1-2-9-8-6-4-3-5-7-8;/h3-7H;/q-1;. The summed E-state index contributed by atoms with van der Waals surface area (Å²) in [5.41, 5.74) is 0. The predicted octanol–water partition coefficient (Wildman–Crippen LogP) is 1.61. The summed E-state index contributed by atoms with van der Waals surface area (Å²) in [5.74, 6) is 0.646. The van der Waals surface area contributed by atoms with E-state index in [0.717, 1.165) is 0 Å². The summed E-state index contributed by atoms with van der Waals surface area (Å²) in [6, 6.07) is 9.10. The third-order valence-corrected chi connectivity index (χ3v) is 0.912. The fraction of sp³-hybridized carbons (Fsp3) is 0. The average Bonchev–Trinajstić information content (AvgIpc) is 1.91. The normalized spacial score (nSPS) is 7.10. The van der Waals surface area contributed by atoms with Crippen molar-refractivity contribution in [2.24, 2.45) is 0 Å². The van der Waals surface area contributed by atoms with E-state index in [1.165, 1.54) is 0 Å². The molecular weight excluding hydrogens is 201 g/mol. The first-order chi connectivity index (χ1) is 4.43. The maximum atomic E-state index is 6.47. The Hall–Kier alpha value is -0.316. The van der Waals surface area contributed by atoms with Crippen LogP contribution in [0.5, 0.6) is 5.75 Å². The molecule has 0 N–H and O–H groups in total. The molecule has 0 unspecified atom stereocenters. The number of hydrogen-bond acceptors (Lipinski definition) is 1. The van der Waals surface area contributed by atoms with Gasteiger partial charge >= 0.3 is 0 Å². The zero-order valence-electron chi connectivity index (χ0n) is 5.37. The summed E-state index contributed by atoms with van der Waals surface area (Å²) in [4.78, 5) is 0. The molecule has 1 aromatic carbocycles. The van der Waals surface area contributed by atoms with Gasteiger partial charge in [0.1, 0.15) is 5.75 Å². The van der Waals surface area contributed by atoms with Crippen molar-refractivity contribution in [3.63, 3.8) is 0 Å². The van der Waals surface area contributed by atoms with Crippen LogP contribution in [-0.2, 0) is 32.7 Å². The number of rotatable bonds is 1. The Morgan fingerprint density at radius 3 is 2.30 bits per heavy atom. The average molecular weight is 206 g/mol. The van der Waals surface area contributed by atoms with Crippen LogP contribution in [0.4, 0.5) is 0 Å². The van der Waals surface area contributed by atoms with Gasteiger partial charge in [-0.3, -0.25) is 0 Å². The number of hydrogen-bond donors (Lipinski definition) is 0. The summed E-state index contributed by atoms with van der Waals surface area (Å²) in [7, 11) is 0. The molecule has 0 amide bonds. The van der Waals surface area contributed by atoms with Crippen molar-refractivity contribution in [1.29, 1.82) is 0 Å². The van der Waals surface area contributed by atoms with Gasteiger partial charge in [0.15, 0.2) is 0 Å². The first-order valence-electron chi connectivity index (χ1n) is 2.57. The third kappa shape index (κ3) is 3.01. The molecule has 10 heavy (non-hydrogen) atoms. The van der Waals surface area contributed by atoms with Crippen molar-refractivity contribution in [1.82, 2.24) is 0 Å². The maximum absolute atomic E-state index is 6.47. The molecule has 1 nitrogen and oxygen atoms in total. The molecule has 0 saturated heterocycles.